The monoisotopic (exact) mass is 561 g/mol. The van der Waals surface area contributed by atoms with Gasteiger partial charge in [-0.3, -0.25) is 4.79 Å². The van der Waals surface area contributed by atoms with Crippen molar-refractivity contribution in [2.24, 2.45) is 5.41 Å². The summed E-state index contributed by atoms with van der Waals surface area (Å²) in [7, 11) is 0. The van der Waals surface area contributed by atoms with Crippen LogP contribution in [-0.4, -0.2) is 52.9 Å². The molecule has 2 unspecified atom stereocenters. The molecule has 1 saturated carbocycles. The molecule has 3 aromatic rings. The number of carbonyl (C=O) groups excluding carboxylic acids is 1. The van der Waals surface area contributed by atoms with Gasteiger partial charge in [0.2, 0.25) is 5.91 Å². The number of benzene rings is 1. The lowest BCUT2D eigenvalue weighted by Crippen LogP contribution is -2.59. The first-order chi connectivity index (χ1) is 19.2. The van der Waals surface area contributed by atoms with Gasteiger partial charge in [0.1, 0.15) is 23.3 Å². The van der Waals surface area contributed by atoms with E-state index in [2.05, 4.69) is 17.6 Å². The third-order valence-electron chi connectivity index (χ3n) is 9.40. The van der Waals surface area contributed by atoms with E-state index in [9.17, 15) is 10.1 Å². The Bertz CT molecular complexity index is 1640. The van der Waals surface area contributed by atoms with Crippen LogP contribution in [0.2, 0.25) is 0 Å². The van der Waals surface area contributed by atoms with Crippen molar-refractivity contribution < 1.29 is 18.0 Å². The molecule has 0 N–H and O–H groups in total. The molecule has 0 radical (unpaired) electrons. The van der Waals surface area contributed by atoms with Gasteiger partial charge in [0.15, 0.2) is 0 Å². The molecule has 2 aliphatic carbocycles. The fraction of sp³-hybridized carbons (Fsp3) is 0.400. The smallest absolute Gasteiger partial charge is 0.268 e. The van der Waals surface area contributed by atoms with Crippen LogP contribution in [0.4, 0.5) is 19.0 Å². The molecule has 3 fully saturated rings. The van der Waals surface area contributed by atoms with Crippen molar-refractivity contribution in [1.82, 2.24) is 14.9 Å². The molecule has 10 heteroatoms. The number of halogens is 3. The lowest BCUT2D eigenvalue weighted by Gasteiger charge is -2.47. The predicted octanol–water partition coefficient (Wildman–Crippen LogP) is 5.37. The number of thiazole rings is 1. The second-order valence-electron chi connectivity index (χ2n) is 11.5. The third kappa shape index (κ3) is 3.18. The van der Waals surface area contributed by atoms with E-state index in [0.717, 1.165) is 6.42 Å². The normalized spacial score (nSPS) is 25.1. The number of alkyl halides is 2. The fourth-order valence-electron chi connectivity index (χ4n) is 7.46. The van der Waals surface area contributed by atoms with Gasteiger partial charge >= 0.3 is 0 Å². The minimum absolute atomic E-state index is 0.124. The summed E-state index contributed by atoms with van der Waals surface area (Å²) in [5.41, 5.74) is 2.26. The summed E-state index contributed by atoms with van der Waals surface area (Å²) in [6.07, 6.45) is 2.50. The molecule has 0 bridgehead atoms. The van der Waals surface area contributed by atoms with E-state index in [-0.39, 0.29) is 41.0 Å². The van der Waals surface area contributed by atoms with E-state index in [1.54, 1.807) is 35.5 Å². The van der Waals surface area contributed by atoms with Crippen molar-refractivity contribution in [3.8, 4) is 17.2 Å². The average molecular weight is 562 g/mol. The molecule has 4 aliphatic rings. The maximum Gasteiger partial charge on any atom is 0.268 e. The molecule has 4 heterocycles. The third-order valence-corrected chi connectivity index (χ3v) is 10.5. The quantitative estimate of drug-likeness (QED) is 0.401. The van der Waals surface area contributed by atoms with Crippen LogP contribution < -0.4 is 4.90 Å². The summed E-state index contributed by atoms with van der Waals surface area (Å²) in [5, 5.41) is 10.4. The van der Waals surface area contributed by atoms with E-state index in [1.807, 2.05) is 4.90 Å². The van der Waals surface area contributed by atoms with Crippen molar-refractivity contribution in [3.63, 3.8) is 0 Å². The number of nitrogens with zero attached hydrogens (tertiary/aromatic N) is 5. The molecule has 1 spiro atoms. The minimum Gasteiger partial charge on any atom is -0.355 e. The van der Waals surface area contributed by atoms with Crippen molar-refractivity contribution in [1.29, 1.82) is 5.26 Å². The highest BCUT2D eigenvalue weighted by molar-refractivity contribution is 7.10. The zero-order chi connectivity index (χ0) is 28.0. The van der Waals surface area contributed by atoms with Gasteiger partial charge in [-0.2, -0.15) is 5.26 Å². The number of pyridine rings is 1. The highest BCUT2D eigenvalue weighted by atomic mass is 32.1. The second-order valence-corrected chi connectivity index (χ2v) is 12.4. The van der Waals surface area contributed by atoms with E-state index >= 15 is 13.2 Å². The van der Waals surface area contributed by atoms with Crippen LogP contribution in [-0.2, 0) is 16.6 Å². The molecule has 2 aromatic heterocycles. The Morgan fingerprint density at radius 1 is 1.25 bits per heavy atom. The number of fused-ring (bicyclic) bond motifs is 3. The number of carbonyl (C=O) groups is 1. The maximum absolute atomic E-state index is 16.0. The molecule has 1 aromatic carbocycles. The summed E-state index contributed by atoms with van der Waals surface area (Å²) in [4.78, 5) is 25.5. The Hall–Kier alpha value is -3.71. The number of likely N-dealkylation sites (tertiary alicyclic amines) is 1. The highest BCUT2D eigenvalue weighted by Crippen LogP contribution is 2.76. The molecule has 204 valence electrons. The summed E-state index contributed by atoms with van der Waals surface area (Å²) in [6, 6.07) is 8.46. The lowest BCUT2D eigenvalue weighted by atomic mass is 9.79. The van der Waals surface area contributed by atoms with Crippen LogP contribution in [0.5, 0.6) is 0 Å². The topological polar surface area (TPSA) is 73.1 Å². The number of anilines is 1. The summed E-state index contributed by atoms with van der Waals surface area (Å²) in [5.74, 6) is -4.51. The highest BCUT2D eigenvalue weighted by Gasteiger charge is 2.84. The molecule has 1 amide bonds. The Balaban J connectivity index is 1.38. The zero-order valence-electron chi connectivity index (χ0n) is 21.9. The molecule has 2 atom stereocenters. The van der Waals surface area contributed by atoms with Gasteiger partial charge in [0, 0.05) is 47.6 Å². The summed E-state index contributed by atoms with van der Waals surface area (Å²) >= 11 is 1.25. The van der Waals surface area contributed by atoms with Crippen molar-refractivity contribution in [2.45, 2.75) is 43.4 Å². The fourth-order valence-corrected chi connectivity index (χ4v) is 8.57. The first-order valence-corrected chi connectivity index (χ1v) is 14.2. The molecular weight excluding hydrogens is 535 g/mol. The number of hydrogen-bond donors (Lipinski definition) is 0. The minimum atomic E-state index is -3.04. The summed E-state index contributed by atoms with van der Waals surface area (Å²) in [6.45, 7) is 7.54. The van der Waals surface area contributed by atoms with E-state index in [0.29, 0.717) is 53.7 Å². The largest absolute Gasteiger partial charge is 0.355 e. The van der Waals surface area contributed by atoms with Gasteiger partial charge in [-0.05, 0) is 43.9 Å². The molecular formula is C30H26F3N5OS. The molecule has 2 saturated heterocycles. The van der Waals surface area contributed by atoms with Gasteiger partial charge in [0.25, 0.3) is 5.92 Å². The van der Waals surface area contributed by atoms with Gasteiger partial charge < -0.3 is 9.80 Å². The van der Waals surface area contributed by atoms with Gasteiger partial charge in [-0.15, -0.1) is 11.3 Å². The number of aryl methyl sites for hydroxylation is 1. The molecule has 40 heavy (non-hydrogen) atoms. The van der Waals surface area contributed by atoms with Gasteiger partial charge in [0.05, 0.1) is 28.2 Å². The molecule has 6 nitrogen and oxygen atoms in total. The summed E-state index contributed by atoms with van der Waals surface area (Å²) < 4.78 is 47.2. The van der Waals surface area contributed by atoms with Crippen molar-refractivity contribution >= 4 is 23.1 Å². The Morgan fingerprint density at radius 3 is 2.70 bits per heavy atom. The first kappa shape index (κ1) is 25.3. The van der Waals surface area contributed by atoms with Crippen LogP contribution in [0.15, 0.2) is 42.4 Å². The first-order valence-electron chi connectivity index (χ1n) is 13.3. The predicted molar refractivity (Wildman–Crippen MR) is 145 cm³/mol. The zero-order valence-corrected chi connectivity index (χ0v) is 22.7. The SMILES string of the molecule is C=CC(=O)N1CC2(CCN(c3nc4c(c(-c5ccccc5F)c3C#N)CCC3(c5scnc5C)C4C3(F)F)C2)C1. The number of nitriles is 1. The van der Waals surface area contributed by atoms with E-state index in [1.165, 1.54) is 23.5 Å². The van der Waals surface area contributed by atoms with Crippen LogP contribution in [0.25, 0.3) is 11.1 Å². The number of rotatable bonds is 4. The molecule has 2 aliphatic heterocycles. The lowest BCUT2D eigenvalue weighted by molar-refractivity contribution is -0.136. The Morgan fingerprint density at radius 2 is 2.02 bits per heavy atom. The van der Waals surface area contributed by atoms with Gasteiger partial charge in [-0.25, -0.2) is 23.1 Å². The van der Waals surface area contributed by atoms with E-state index in [4.69, 9.17) is 4.98 Å². The number of aromatic nitrogens is 2. The Kier molecular flexibility index (Phi) is 5.31. The van der Waals surface area contributed by atoms with Crippen molar-refractivity contribution in [2.75, 3.05) is 31.1 Å². The Labute approximate surface area is 233 Å². The maximum atomic E-state index is 16.0. The van der Waals surface area contributed by atoms with E-state index < -0.39 is 23.1 Å². The van der Waals surface area contributed by atoms with Crippen LogP contribution in [0.3, 0.4) is 0 Å². The number of hydrogen-bond acceptors (Lipinski definition) is 6. The van der Waals surface area contributed by atoms with Gasteiger partial charge in [-0.1, -0.05) is 24.8 Å². The van der Waals surface area contributed by atoms with Crippen molar-refractivity contribution in [3.05, 3.63) is 75.6 Å². The number of amides is 1. The van der Waals surface area contributed by atoms with Crippen LogP contribution in [0.1, 0.15) is 46.2 Å². The standard InChI is InChI=1S/C30H26F3N5OS/c1-3-22(39)38-14-28(15-38)10-11-37(13-28)27-20(12-34)23(18-6-4-5-7-21(18)31)19-8-9-29(26-17(2)35-16-40-26)25(24(19)36-27)30(29,32)33/h3-7,16,25H,1,8-11,13-15H2,2H3. The van der Waals surface area contributed by atoms with Crippen LogP contribution >= 0.6 is 11.3 Å². The van der Waals surface area contributed by atoms with Crippen LogP contribution in [0, 0.1) is 29.5 Å². The molecule has 7 rings (SSSR count). The second kappa shape index (κ2) is 8.40. The average Bonchev–Trinajstić information content (AvgIpc) is 3.30.